The normalized spacial score (nSPS) is 25.3. The van der Waals surface area contributed by atoms with Gasteiger partial charge in [0.1, 0.15) is 0 Å². The summed E-state index contributed by atoms with van der Waals surface area (Å²) < 4.78 is 1.91. The van der Waals surface area contributed by atoms with E-state index in [1.165, 1.54) is 0 Å². The second kappa shape index (κ2) is 4.23. The summed E-state index contributed by atoms with van der Waals surface area (Å²) in [4.78, 5) is 8.16. The molecule has 0 saturated heterocycles. The van der Waals surface area contributed by atoms with E-state index in [1.807, 2.05) is 4.68 Å². The molecule has 3 rings (SSSR count). The lowest BCUT2D eigenvalue weighted by Gasteiger charge is -2.25. The summed E-state index contributed by atoms with van der Waals surface area (Å²) in [5.41, 5.74) is 0.784. The first-order valence-electron chi connectivity index (χ1n) is 5.78. The van der Waals surface area contributed by atoms with Gasteiger partial charge >= 0.3 is 0 Å². The largest absolute Gasteiger partial charge is 0.393 e. The molecule has 1 N–H and O–H groups in total. The van der Waals surface area contributed by atoms with E-state index in [-0.39, 0.29) is 11.4 Å². The van der Waals surface area contributed by atoms with Crippen molar-refractivity contribution in [3.05, 3.63) is 17.7 Å². The van der Waals surface area contributed by atoms with Crippen LogP contribution in [-0.4, -0.2) is 31.0 Å². The maximum absolute atomic E-state index is 9.51. The van der Waals surface area contributed by atoms with Crippen LogP contribution in [0.5, 0.6) is 0 Å². The molecule has 2 heterocycles. The topological polar surface area (TPSA) is 63.8 Å². The van der Waals surface area contributed by atoms with E-state index in [9.17, 15) is 5.11 Å². The van der Waals surface area contributed by atoms with Gasteiger partial charge in [0.15, 0.2) is 5.65 Å². The van der Waals surface area contributed by atoms with Crippen molar-refractivity contribution in [1.29, 1.82) is 0 Å². The fourth-order valence-corrected chi connectivity index (χ4v) is 2.51. The molecule has 0 bridgehead atoms. The van der Waals surface area contributed by atoms with Crippen LogP contribution in [0.25, 0.3) is 11.0 Å². The summed E-state index contributed by atoms with van der Waals surface area (Å²) in [6.45, 7) is 0. The number of rotatable bonds is 1. The second-order valence-electron chi connectivity index (χ2n) is 4.47. The molecule has 0 atom stereocenters. The average Bonchev–Trinajstić information content (AvgIpc) is 2.73. The highest BCUT2D eigenvalue weighted by Crippen LogP contribution is 2.30. The van der Waals surface area contributed by atoms with Gasteiger partial charge in [-0.2, -0.15) is 10.1 Å². The molecule has 1 aliphatic carbocycles. The van der Waals surface area contributed by atoms with Crippen LogP contribution in [0.4, 0.5) is 0 Å². The Morgan fingerprint density at radius 2 is 2.00 bits per heavy atom. The number of hydrogen-bond donors (Lipinski definition) is 1. The monoisotopic (exact) mass is 252 g/mol. The Bertz CT molecular complexity index is 533. The number of halogens is 1. The van der Waals surface area contributed by atoms with E-state index in [0.29, 0.717) is 6.04 Å². The molecule has 0 aliphatic heterocycles. The van der Waals surface area contributed by atoms with Gasteiger partial charge in [-0.1, -0.05) is 0 Å². The molecule has 2 aromatic rings. The average molecular weight is 253 g/mol. The second-order valence-corrected chi connectivity index (χ2v) is 4.81. The fraction of sp³-hybridized carbons (Fsp3) is 0.545. The zero-order valence-electron chi connectivity index (χ0n) is 9.25. The third-order valence-corrected chi connectivity index (χ3v) is 3.50. The SMILES string of the molecule is O[C@H]1CC[C@H](n2ncc3cnc(Cl)nc32)CC1. The molecule has 0 spiro atoms. The Morgan fingerprint density at radius 3 is 2.76 bits per heavy atom. The highest BCUT2D eigenvalue weighted by Gasteiger charge is 2.23. The van der Waals surface area contributed by atoms with E-state index in [2.05, 4.69) is 15.1 Å². The summed E-state index contributed by atoms with van der Waals surface area (Å²) in [6, 6.07) is 0.307. The summed E-state index contributed by atoms with van der Waals surface area (Å²) >= 11 is 5.81. The molecule has 0 radical (unpaired) electrons. The Kier molecular flexibility index (Phi) is 2.72. The minimum absolute atomic E-state index is 0.161. The summed E-state index contributed by atoms with van der Waals surface area (Å²) in [5.74, 6) is 0. The van der Waals surface area contributed by atoms with Crippen LogP contribution in [0.15, 0.2) is 12.4 Å². The number of fused-ring (bicyclic) bond motifs is 1. The van der Waals surface area contributed by atoms with Crippen LogP contribution >= 0.6 is 11.6 Å². The molecule has 2 aromatic heterocycles. The Hall–Kier alpha value is -1.20. The van der Waals surface area contributed by atoms with Gasteiger partial charge in [0, 0.05) is 6.20 Å². The van der Waals surface area contributed by atoms with Crippen LogP contribution in [0.3, 0.4) is 0 Å². The molecule has 0 amide bonds. The van der Waals surface area contributed by atoms with Gasteiger partial charge in [-0.15, -0.1) is 0 Å². The molecule has 5 nitrogen and oxygen atoms in total. The minimum atomic E-state index is -0.161. The molecule has 1 saturated carbocycles. The van der Waals surface area contributed by atoms with Crippen molar-refractivity contribution >= 4 is 22.6 Å². The number of hydrogen-bond acceptors (Lipinski definition) is 4. The summed E-state index contributed by atoms with van der Waals surface area (Å²) in [5, 5.41) is 15.0. The molecule has 1 fully saturated rings. The van der Waals surface area contributed by atoms with Gasteiger partial charge in [0.25, 0.3) is 0 Å². The van der Waals surface area contributed by atoms with Crippen LogP contribution < -0.4 is 0 Å². The van der Waals surface area contributed by atoms with Crippen molar-refractivity contribution in [1.82, 2.24) is 19.7 Å². The third-order valence-electron chi connectivity index (χ3n) is 3.32. The standard InChI is InChI=1S/C11H13ClN4O/c12-11-13-5-7-6-14-16(10(7)15-11)8-1-3-9(17)4-2-8/h5-6,8-9,17H,1-4H2/t8-,9-. The van der Waals surface area contributed by atoms with Gasteiger partial charge < -0.3 is 5.11 Å². The first kappa shape index (κ1) is 10.9. The van der Waals surface area contributed by atoms with Crippen LogP contribution in [0, 0.1) is 0 Å². The maximum atomic E-state index is 9.51. The number of aliphatic hydroxyl groups excluding tert-OH is 1. The van der Waals surface area contributed by atoms with E-state index in [1.54, 1.807) is 12.4 Å². The number of aromatic nitrogens is 4. The van der Waals surface area contributed by atoms with Crippen molar-refractivity contribution in [3.8, 4) is 0 Å². The molecule has 6 heteroatoms. The summed E-state index contributed by atoms with van der Waals surface area (Å²) in [6.07, 6.45) is 6.79. The van der Waals surface area contributed by atoms with Gasteiger partial charge in [0.05, 0.1) is 23.7 Å². The first-order valence-corrected chi connectivity index (χ1v) is 6.15. The van der Waals surface area contributed by atoms with Crippen molar-refractivity contribution in [2.24, 2.45) is 0 Å². The van der Waals surface area contributed by atoms with E-state index in [0.717, 1.165) is 36.7 Å². The first-order chi connectivity index (χ1) is 8.24. The van der Waals surface area contributed by atoms with Gasteiger partial charge in [-0.3, -0.25) is 0 Å². The van der Waals surface area contributed by atoms with Crippen molar-refractivity contribution < 1.29 is 5.11 Å². The van der Waals surface area contributed by atoms with Crippen LogP contribution in [-0.2, 0) is 0 Å². The van der Waals surface area contributed by atoms with Gasteiger partial charge in [-0.05, 0) is 37.3 Å². The molecular formula is C11H13ClN4O. The zero-order valence-corrected chi connectivity index (χ0v) is 10.0. The highest BCUT2D eigenvalue weighted by molar-refractivity contribution is 6.28. The van der Waals surface area contributed by atoms with Crippen LogP contribution in [0.1, 0.15) is 31.7 Å². The zero-order chi connectivity index (χ0) is 11.8. The molecule has 1 aliphatic rings. The molecule has 0 unspecified atom stereocenters. The number of aliphatic hydroxyl groups is 1. The fourth-order valence-electron chi connectivity index (χ4n) is 2.39. The van der Waals surface area contributed by atoms with E-state index < -0.39 is 0 Å². The highest BCUT2D eigenvalue weighted by atomic mass is 35.5. The lowest BCUT2D eigenvalue weighted by atomic mass is 9.93. The molecule has 90 valence electrons. The molecule has 0 aromatic carbocycles. The number of nitrogens with zero attached hydrogens (tertiary/aromatic N) is 4. The van der Waals surface area contributed by atoms with Crippen molar-refractivity contribution in [2.45, 2.75) is 37.8 Å². The molecule has 17 heavy (non-hydrogen) atoms. The lowest BCUT2D eigenvalue weighted by molar-refractivity contribution is 0.109. The Labute approximate surface area is 103 Å². The van der Waals surface area contributed by atoms with Crippen LogP contribution in [0.2, 0.25) is 5.28 Å². The quantitative estimate of drug-likeness (QED) is 0.788. The minimum Gasteiger partial charge on any atom is -0.393 e. The lowest BCUT2D eigenvalue weighted by Crippen LogP contribution is -2.21. The predicted octanol–water partition coefficient (Wildman–Crippen LogP) is 1.96. The predicted molar refractivity (Wildman–Crippen MR) is 63.8 cm³/mol. The summed E-state index contributed by atoms with van der Waals surface area (Å²) in [7, 11) is 0. The third kappa shape index (κ3) is 2.00. The van der Waals surface area contributed by atoms with Crippen molar-refractivity contribution in [3.63, 3.8) is 0 Å². The van der Waals surface area contributed by atoms with Gasteiger partial charge in [0.2, 0.25) is 5.28 Å². The smallest absolute Gasteiger partial charge is 0.224 e. The van der Waals surface area contributed by atoms with Gasteiger partial charge in [-0.25, -0.2) is 9.67 Å². The maximum Gasteiger partial charge on any atom is 0.224 e. The van der Waals surface area contributed by atoms with E-state index >= 15 is 0 Å². The Morgan fingerprint density at radius 1 is 1.24 bits per heavy atom. The molecular weight excluding hydrogens is 240 g/mol. The van der Waals surface area contributed by atoms with E-state index in [4.69, 9.17) is 11.6 Å². The Balaban J connectivity index is 1.97. The van der Waals surface area contributed by atoms with Crippen molar-refractivity contribution in [2.75, 3.05) is 0 Å².